The van der Waals surface area contributed by atoms with Crippen molar-refractivity contribution in [3.63, 3.8) is 0 Å². The van der Waals surface area contributed by atoms with E-state index in [-0.39, 0.29) is 22.0 Å². The highest BCUT2D eigenvalue weighted by Gasteiger charge is 2.68. The van der Waals surface area contributed by atoms with Gasteiger partial charge in [-0.1, -0.05) is 72.3 Å². The molecule has 1 heterocycles. The van der Waals surface area contributed by atoms with E-state index in [1.807, 2.05) is 48.5 Å². The fourth-order valence-electron chi connectivity index (χ4n) is 7.04. The molecule has 0 spiro atoms. The van der Waals surface area contributed by atoms with Crippen LogP contribution in [0.1, 0.15) is 38.5 Å². The van der Waals surface area contributed by atoms with Crippen molar-refractivity contribution in [2.45, 2.75) is 11.3 Å². The van der Waals surface area contributed by atoms with Gasteiger partial charge in [-0.15, -0.1) is 0 Å². The number of hydrazone groups is 1. The normalized spacial score (nSPS) is 23.2. The number of phenols is 1. The van der Waals surface area contributed by atoms with Crippen molar-refractivity contribution in [1.82, 2.24) is 5.43 Å². The lowest BCUT2D eigenvalue weighted by Crippen LogP contribution is -2.54. The number of rotatable bonds is 5. The second-order valence-electron chi connectivity index (χ2n) is 10.6. The van der Waals surface area contributed by atoms with Crippen LogP contribution in [0.15, 0.2) is 96.1 Å². The summed E-state index contributed by atoms with van der Waals surface area (Å²) in [5.41, 5.74) is 3.69. The van der Waals surface area contributed by atoms with Crippen LogP contribution in [0.5, 0.6) is 5.75 Å². The Morgan fingerprint density at radius 3 is 2.23 bits per heavy atom. The second kappa shape index (κ2) is 9.60. The lowest BCUT2D eigenvalue weighted by atomic mass is 9.47. The molecule has 1 aliphatic heterocycles. The Kier molecular flexibility index (Phi) is 5.93. The highest BCUT2D eigenvalue weighted by Crippen LogP contribution is 2.64. The molecule has 10 nitrogen and oxygen atoms in total. The van der Waals surface area contributed by atoms with Crippen molar-refractivity contribution in [3.05, 3.63) is 134 Å². The van der Waals surface area contributed by atoms with Crippen LogP contribution in [0, 0.1) is 22.0 Å². The summed E-state index contributed by atoms with van der Waals surface area (Å²) in [6.45, 7) is 0. The van der Waals surface area contributed by atoms with Crippen LogP contribution in [0.3, 0.4) is 0 Å². The van der Waals surface area contributed by atoms with Gasteiger partial charge in [0.1, 0.15) is 11.4 Å². The van der Waals surface area contributed by atoms with Crippen molar-refractivity contribution < 1.29 is 24.4 Å². The SMILES string of the molecule is O=C(N/N=C/C12c3ccccc3C(c3ccccc31)[C@H]1C(=O)N(c3ccc(Cl)cc3[N+](=O)[O-])C(=O)[C@@H]12)c1ccccc1O. The highest BCUT2D eigenvalue weighted by molar-refractivity contribution is 6.31. The molecule has 0 saturated carbocycles. The quantitative estimate of drug-likeness (QED) is 0.146. The van der Waals surface area contributed by atoms with Gasteiger partial charge in [0, 0.05) is 23.2 Å². The molecule has 8 rings (SSSR count). The minimum absolute atomic E-state index is 0.0107. The maximum Gasteiger partial charge on any atom is 0.294 e. The fraction of sp³-hybridized carbons (Fsp3) is 0.125. The van der Waals surface area contributed by atoms with E-state index < -0.39 is 51.5 Å². The van der Waals surface area contributed by atoms with E-state index in [0.717, 1.165) is 33.2 Å². The average Bonchev–Trinajstić information content (AvgIpc) is 3.28. The van der Waals surface area contributed by atoms with Crippen LogP contribution in [0.25, 0.3) is 0 Å². The molecule has 0 unspecified atom stereocenters. The zero-order valence-corrected chi connectivity index (χ0v) is 22.9. The molecular weight excluding hydrogens is 572 g/mol. The number of hydrogen-bond donors (Lipinski definition) is 2. The molecule has 1 fully saturated rings. The first-order valence-corrected chi connectivity index (χ1v) is 13.8. The Morgan fingerprint density at radius 1 is 0.953 bits per heavy atom. The number of carbonyl (C=O) groups excluding carboxylic acids is 3. The standard InChI is InChI=1S/C32H21ClN4O6/c33-17-13-14-23(24(15-17)37(42)43)36-30(40)27-26-18-7-1-4-10-21(18)32(28(27)31(36)41,22-11-5-2-8-19(22)26)16-34-35-29(39)20-9-3-6-12-25(20)38/h1-16,26-28,38H,(H,35,39)/b34-16+/t26?,27-,28-,32?/m1/s1. The van der Waals surface area contributed by atoms with E-state index in [1.54, 1.807) is 12.1 Å². The van der Waals surface area contributed by atoms with Gasteiger partial charge in [0.2, 0.25) is 11.8 Å². The molecule has 1 saturated heterocycles. The third-order valence-electron chi connectivity index (χ3n) is 8.64. The summed E-state index contributed by atoms with van der Waals surface area (Å²) >= 11 is 6.04. The summed E-state index contributed by atoms with van der Waals surface area (Å²) in [5, 5.41) is 26.5. The molecule has 4 aromatic carbocycles. The predicted octanol–water partition coefficient (Wildman–Crippen LogP) is 4.92. The van der Waals surface area contributed by atoms with E-state index in [1.165, 1.54) is 30.5 Å². The van der Waals surface area contributed by atoms with Crippen LogP contribution < -0.4 is 10.3 Å². The van der Waals surface area contributed by atoms with Gasteiger partial charge in [-0.05, 0) is 46.5 Å². The van der Waals surface area contributed by atoms with Gasteiger partial charge in [-0.25, -0.2) is 10.3 Å². The van der Waals surface area contributed by atoms with E-state index in [4.69, 9.17) is 11.6 Å². The number of nitrogens with zero attached hydrogens (tertiary/aromatic N) is 3. The fourth-order valence-corrected chi connectivity index (χ4v) is 7.20. The van der Waals surface area contributed by atoms with Crippen molar-refractivity contribution in [2.24, 2.45) is 16.9 Å². The van der Waals surface area contributed by atoms with Crippen molar-refractivity contribution in [1.29, 1.82) is 0 Å². The number of para-hydroxylation sites is 1. The summed E-state index contributed by atoms with van der Waals surface area (Å²) in [6, 6.07) is 24.7. The zero-order valence-electron chi connectivity index (χ0n) is 22.2. The van der Waals surface area contributed by atoms with Crippen LogP contribution in [-0.2, 0) is 15.0 Å². The molecule has 0 radical (unpaired) electrons. The minimum Gasteiger partial charge on any atom is -0.507 e. The number of carbonyl (C=O) groups is 3. The molecule has 2 bridgehead atoms. The van der Waals surface area contributed by atoms with Crippen LogP contribution >= 0.6 is 11.6 Å². The monoisotopic (exact) mass is 592 g/mol. The Bertz CT molecular complexity index is 1880. The maximum atomic E-state index is 14.5. The number of nitrogens with one attached hydrogen (secondary N) is 1. The number of amides is 3. The van der Waals surface area contributed by atoms with Gasteiger partial charge >= 0.3 is 0 Å². The Balaban J connectivity index is 1.42. The number of phenolic OH excluding ortho intramolecular Hbond substituents is 1. The van der Waals surface area contributed by atoms with Crippen molar-refractivity contribution >= 4 is 46.9 Å². The topological polar surface area (TPSA) is 142 Å². The number of nitro benzene ring substituents is 1. The third-order valence-corrected chi connectivity index (χ3v) is 8.88. The smallest absolute Gasteiger partial charge is 0.294 e. The number of benzene rings is 4. The molecular formula is C32H21ClN4O6. The van der Waals surface area contributed by atoms with Crippen molar-refractivity contribution in [3.8, 4) is 5.75 Å². The van der Waals surface area contributed by atoms with Gasteiger partial charge in [0.15, 0.2) is 0 Å². The summed E-state index contributed by atoms with van der Waals surface area (Å²) in [4.78, 5) is 53.9. The minimum atomic E-state index is -1.30. The van der Waals surface area contributed by atoms with Crippen LogP contribution in [0.4, 0.5) is 11.4 Å². The molecule has 11 heteroatoms. The molecule has 0 aromatic heterocycles. The third kappa shape index (κ3) is 3.66. The Morgan fingerprint density at radius 2 is 1.58 bits per heavy atom. The maximum absolute atomic E-state index is 14.5. The number of hydrogen-bond acceptors (Lipinski definition) is 7. The number of aromatic hydroxyl groups is 1. The van der Waals surface area contributed by atoms with E-state index in [0.29, 0.717) is 0 Å². The average molecular weight is 593 g/mol. The Labute approximate surface area is 249 Å². The molecule has 2 atom stereocenters. The lowest BCUT2D eigenvalue weighted by Gasteiger charge is -2.52. The molecule has 3 aliphatic carbocycles. The van der Waals surface area contributed by atoms with E-state index in [2.05, 4.69) is 10.5 Å². The van der Waals surface area contributed by atoms with Gasteiger partial charge in [0.25, 0.3) is 11.6 Å². The summed E-state index contributed by atoms with van der Waals surface area (Å²) in [6.07, 6.45) is 1.47. The molecule has 43 heavy (non-hydrogen) atoms. The molecule has 4 aliphatic rings. The zero-order chi connectivity index (χ0) is 30.0. The van der Waals surface area contributed by atoms with E-state index >= 15 is 0 Å². The van der Waals surface area contributed by atoms with Gasteiger partial charge in [0.05, 0.1) is 27.7 Å². The largest absolute Gasteiger partial charge is 0.507 e. The molecule has 212 valence electrons. The molecule has 4 aromatic rings. The first kappa shape index (κ1) is 26.5. The number of imide groups is 1. The molecule has 3 amide bonds. The van der Waals surface area contributed by atoms with Crippen molar-refractivity contribution in [2.75, 3.05) is 4.90 Å². The molecule has 2 N–H and O–H groups in total. The van der Waals surface area contributed by atoms with Gasteiger partial charge in [-0.3, -0.25) is 24.5 Å². The summed E-state index contributed by atoms with van der Waals surface area (Å²) in [5.74, 6) is -4.47. The first-order chi connectivity index (χ1) is 20.8. The number of halogens is 1. The van der Waals surface area contributed by atoms with E-state index in [9.17, 15) is 29.6 Å². The Hall–Kier alpha value is -5.35. The highest BCUT2D eigenvalue weighted by atomic mass is 35.5. The van der Waals surface area contributed by atoms with Gasteiger partial charge in [-0.2, -0.15) is 5.10 Å². The van der Waals surface area contributed by atoms with Gasteiger partial charge < -0.3 is 5.11 Å². The number of nitro groups is 1. The number of anilines is 1. The second-order valence-corrected chi connectivity index (χ2v) is 11.1. The first-order valence-electron chi connectivity index (χ1n) is 13.4. The predicted molar refractivity (Wildman–Crippen MR) is 157 cm³/mol. The van der Waals surface area contributed by atoms with Crippen LogP contribution in [0.2, 0.25) is 5.02 Å². The summed E-state index contributed by atoms with van der Waals surface area (Å²) < 4.78 is 0. The summed E-state index contributed by atoms with van der Waals surface area (Å²) in [7, 11) is 0. The van der Waals surface area contributed by atoms with Crippen LogP contribution in [-0.4, -0.2) is 34.0 Å². The lowest BCUT2D eigenvalue weighted by molar-refractivity contribution is -0.384.